The first-order valence-electron chi connectivity index (χ1n) is 6.05. The third kappa shape index (κ3) is 2.28. The van der Waals surface area contributed by atoms with Gasteiger partial charge in [-0.15, -0.1) is 11.6 Å². The van der Waals surface area contributed by atoms with E-state index in [1.165, 1.54) is 11.6 Å². The summed E-state index contributed by atoms with van der Waals surface area (Å²) in [5.41, 5.74) is 2.68. The predicted octanol–water partition coefficient (Wildman–Crippen LogP) is 5.35. The Hall–Kier alpha value is -0.910. The molecule has 0 bridgehead atoms. The first kappa shape index (κ1) is 14.0. The van der Waals surface area contributed by atoms with Crippen LogP contribution >= 0.6 is 38.9 Å². The molecule has 3 aromatic rings. The maximum Gasteiger partial charge on any atom is 0.139 e. The standard InChI is InChI=1S/C14H11BrClFN2S/c1-8(9-2-3-20-7-9)19-13-5-11(17)10(15)4-12(13)18-14(19)6-16/h2-5,7-8H,6H2,1H3. The Balaban J connectivity index is 2.25. The highest BCUT2D eigenvalue weighted by molar-refractivity contribution is 9.10. The highest BCUT2D eigenvalue weighted by Gasteiger charge is 2.18. The van der Waals surface area contributed by atoms with Crippen LogP contribution in [0.3, 0.4) is 0 Å². The predicted molar refractivity (Wildman–Crippen MR) is 85.1 cm³/mol. The molecule has 6 heteroatoms. The lowest BCUT2D eigenvalue weighted by molar-refractivity contribution is 0.614. The topological polar surface area (TPSA) is 17.8 Å². The molecule has 1 aromatic carbocycles. The third-order valence-corrected chi connectivity index (χ3v) is 4.89. The second-order valence-corrected chi connectivity index (χ2v) is 6.42. The smallest absolute Gasteiger partial charge is 0.139 e. The Labute approximate surface area is 133 Å². The zero-order valence-corrected chi connectivity index (χ0v) is 13.8. The van der Waals surface area contributed by atoms with Crippen LogP contribution in [0.4, 0.5) is 4.39 Å². The first-order chi connectivity index (χ1) is 9.61. The molecule has 3 rings (SSSR count). The van der Waals surface area contributed by atoms with E-state index in [1.54, 1.807) is 17.4 Å². The van der Waals surface area contributed by atoms with Crippen molar-refractivity contribution in [2.45, 2.75) is 18.8 Å². The van der Waals surface area contributed by atoms with Crippen LogP contribution < -0.4 is 0 Å². The summed E-state index contributed by atoms with van der Waals surface area (Å²) in [5, 5.41) is 4.12. The molecule has 20 heavy (non-hydrogen) atoms. The van der Waals surface area contributed by atoms with Gasteiger partial charge < -0.3 is 4.57 Å². The van der Waals surface area contributed by atoms with Gasteiger partial charge >= 0.3 is 0 Å². The SMILES string of the molecule is CC(c1ccsc1)n1c(CCl)nc2cc(Br)c(F)cc21. The lowest BCUT2D eigenvalue weighted by Gasteiger charge is -2.16. The minimum absolute atomic E-state index is 0.0700. The molecule has 104 valence electrons. The van der Waals surface area contributed by atoms with Crippen molar-refractivity contribution in [1.29, 1.82) is 0 Å². The Bertz CT molecular complexity index is 754. The Kier molecular flexibility index (Phi) is 3.84. The maximum atomic E-state index is 13.8. The summed E-state index contributed by atoms with van der Waals surface area (Å²) in [4.78, 5) is 4.50. The molecule has 1 atom stereocenters. The summed E-state index contributed by atoms with van der Waals surface area (Å²) in [7, 11) is 0. The van der Waals surface area contributed by atoms with Gasteiger partial charge in [0, 0.05) is 6.07 Å². The van der Waals surface area contributed by atoms with Crippen molar-refractivity contribution < 1.29 is 4.39 Å². The second-order valence-electron chi connectivity index (χ2n) is 4.52. The number of nitrogens with zero attached hydrogens (tertiary/aromatic N) is 2. The molecule has 0 spiro atoms. The fourth-order valence-corrected chi connectivity index (χ4v) is 3.60. The summed E-state index contributed by atoms with van der Waals surface area (Å²) >= 11 is 10.8. The van der Waals surface area contributed by atoms with E-state index < -0.39 is 0 Å². The van der Waals surface area contributed by atoms with Gasteiger partial charge in [0.05, 0.1) is 27.4 Å². The molecule has 0 radical (unpaired) electrons. The Morgan fingerprint density at radius 1 is 1.50 bits per heavy atom. The van der Waals surface area contributed by atoms with Crippen LogP contribution in [0.2, 0.25) is 0 Å². The molecule has 0 aliphatic rings. The van der Waals surface area contributed by atoms with Crippen molar-refractivity contribution in [2.24, 2.45) is 0 Å². The number of rotatable bonds is 3. The fourth-order valence-electron chi connectivity index (χ4n) is 2.33. The fraction of sp³-hybridized carbons (Fsp3) is 0.214. The largest absolute Gasteiger partial charge is 0.320 e. The number of thiophene rings is 1. The Morgan fingerprint density at radius 3 is 2.95 bits per heavy atom. The van der Waals surface area contributed by atoms with Gasteiger partial charge in [-0.25, -0.2) is 9.37 Å². The van der Waals surface area contributed by atoms with Crippen molar-refractivity contribution in [1.82, 2.24) is 9.55 Å². The van der Waals surface area contributed by atoms with E-state index in [1.807, 2.05) is 9.95 Å². The van der Waals surface area contributed by atoms with Crippen molar-refractivity contribution in [3.05, 3.63) is 50.6 Å². The number of alkyl halides is 1. The second kappa shape index (κ2) is 5.47. The molecule has 0 aliphatic carbocycles. The van der Waals surface area contributed by atoms with Gasteiger partial charge in [0.2, 0.25) is 0 Å². The molecule has 2 aromatic heterocycles. The zero-order chi connectivity index (χ0) is 14.3. The molecule has 2 heterocycles. The molecule has 1 unspecified atom stereocenters. The number of hydrogen-bond donors (Lipinski definition) is 0. The molecule has 0 saturated heterocycles. The minimum Gasteiger partial charge on any atom is -0.320 e. The molecule has 0 aliphatic heterocycles. The number of halogens is 3. The van der Waals surface area contributed by atoms with Gasteiger partial charge in [-0.1, -0.05) is 0 Å². The molecule has 0 amide bonds. The van der Waals surface area contributed by atoms with Crippen LogP contribution in [-0.2, 0) is 5.88 Å². The molecule has 0 N–H and O–H groups in total. The number of benzene rings is 1. The van der Waals surface area contributed by atoms with Crippen molar-refractivity contribution in [3.8, 4) is 0 Å². The minimum atomic E-state index is -0.294. The third-order valence-electron chi connectivity index (χ3n) is 3.34. The van der Waals surface area contributed by atoms with E-state index in [4.69, 9.17) is 11.6 Å². The van der Waals surface area contributed by atoms with Crippen LogP contribution in [0.15, 0.2) is 33.4 Å². The van der Waals surface area contributed by atoms with E-state index in [0.29, 0.717) is 10.4 Å². The average molecular weight is 374 g/mol. The summed E-state index contributed by atoms with van der Waals surface area (Å²) in [6.07, 6.45) is 0. The van der Waals surface area contributed by atoms with Gasteiger partial charge in [-0.2, -0.15) is 11.3 Å². The highest BCUT2D eigenvalue weighted by atomic mass is 79.9. The van der Waals surface area contributed by atoms with Crippen LogP contribution in [0.25, 0.3) is 11.0 Å². The van der Waals surface area contributed by atoms with Crippen molar-refractivity contribution in [2.75, 3.05) is 0 Å². The van der Waals surface area contributed by atoms with Crippen LogP contribution in [0.5, 0.6) is 0 Å². The lowest BCUT2D eigenvalue weighted by Crippen LogP contribution is -2.09. The van der Waals surface area contributed by atoms with E-state index in [2.05, 4.69) is 39.3 Å². The molecule has 0 saturated carbocycles. The molecule has 2 nitrogen and oxygen atoms in total. The normalized spacial score (nSPS) is 13.0. The van der Waals surface area contributed by atoms with E-state index in [-0.39, 0.29) is 11.9 Å². The van der Waals surface area contributed by atoms with Crippen LogP contribution in [-0.4, -0.2) is 9.55 Å². The maximum absolute atomic E-state index is 13.8. The monoisotopic (exact) mass is 372 g/mol. The quantitative estimate of drug-likeness (QED) is 0.566. The lowest BCUT2D eigenvalue weighted by atomic mass is 10.1. The number of fused-ring (bicyclic) bond motifs is 1. The number of hydrogen-bond acceptors (Lipinski definition) is 2. The van der Waals surface area contributed by atoms with Crippen molar-refractivity contribution in [3.63, 3.8) is 0 Å². The first-order valence-corrected chi connectivity index (χ1v) is 8.32. The summed E-state index contributed by atoms with van der Waals surface area (Å²) < 4.78 is 16.2. The van der Waals surface area contributed by atoms with Gasteiger partial charge in [0.25, 0.3) is 0 Å². The summed E-state index contributed by atoms with van der Waals surface area (Å²) in [6, 6.07) is 5.33. The summed E-state index contributed by atoms with van der Waals surface area (Å²) in [6.45, 7) is 2.07. The molecular formula is C14H11BrClFN2S. The number of aromatic nitrogens is 2. The van der Waals surface area contributed by atoms with E-state index in [9.17, 15) is 4.39 Å². The zero-order valence-electron chi connectivity index (χ0n) is 10.6. The average Bonchev–Trinajstić information content (AvgIpc) is 3.06. The molecule has 0 fully saturated rings. The summed E-state index contributed by atoms with van der Waals surface area (Å²) in [5.74, 6) is 0.748. The number of imidazole rings is 1. The van der Waals surface area contributed by atoms with Gasteiger partial charge in [-0.3, -0.25) is 0 Å². The Morgan fingerprint density at radius 2 is 2.30 bits per heavy atom. The van der Waals surface area contributed by atoms with Gasteiger partial charge in [0.1, 0.15) is 11.6 Å². The molecular weight excluding hydrogens is 363 g/mol. The van der Waals surface area contributed by atoms with Gasteiger partial charge in [-0.05, 0) is 51.3 Å². The van der Waals surface area contributed by atoms with Crippen molar-refractivity contribution >= 4 is 49.9 Å². The van der Waals surface area contributed by atoms with E-state index in [0.717, 1.165) is 16.9 Å². The van der Waals surface area contributed by atoms with E-state index >= 15 is 0 Å². The van der Waals surface area contributed by atoms with Crippen LogP contribution in [0.1, 0.15) is 24.4 Å². The van der Waals surface area contributed by atoms with Crippen LogP contribution in [0, 0.1) is 5.82 Å². The van der Waals surface area contributed by atoms with Gasteiger partial charge in [0.15, 0.2) is 0 Å². The highest BCUT2D eigenvalue weighted by Crippen LogP contribution is 2.30.